The van der Waals surface area contributed by atoms with Gasteiger partial charge in [0.15, 0.2) is 0 Å². The summed E-state index contributed by atoms with van der Waals surface area (Å²) in [5.41, 5.74) is 7.44. The summed E-state index contributed by atoms with van der Waals surface area (Å²) in [6, 6.07) is 6.14. The zero-order valence-electron chi connectivity index (χ0n) is 10.6. The van der Waals surface area contributed by atoms with E-state index in [4.69, 9.17) is 5.73 Å². The van der Waals surface area contributed by atoms with Crippen molar-refractivity contribution >= 4 is 5.69 Å². The van der Waals surface area contributed by atoms with Gasteiger partial charge in [-0.2, -0.15) is 0 Å². The summed E-state index contributed by atoms with van der Waals surface area (Å²) in [6.45, 7) is 4.89. The summed E-state index contributed by atoms with van der Waals surface area (Å²) in [4.78, 5) is 2.16. The topological polar surface area (TPSA) is 29.3 Å². The molecule has 2 nitrogen and oxygen atoms in total. The van der Waals surface area contributed by atoms with Crippen LogP contribution in [0.25, 0.3) is 0 Å². The minimum absolute atomic E-state index is 0.0750. The second-order valence-electron chi connectivity index (χ2n) is 4.98. The molecule has 1 unspecified atom stereocenters. The first-order valence-corrected chi connectivity index (χ1v) is 6.42. The molecule has 1 atom stereocenters. The Morgan fingerprint density at radius 1 is 1.47 bits per heavy atom. The van der Waals surface area contributed by atoms with Crippen LogP contribution in [-0.4, -0.2) is 18.6 Å². The number of halogens is 1. The summed E-state index contributed by atoms with van der Waals surface area (Å²) in [7, 11) is 0. The molecule has 3 heteroatoms. The molecule has 1 aromatic carbocycles. The van der Waals surface area contributed by atoms with Crippen molar-refractivity contribution in [3.05, 3.63) is 29.6 Å². The Morgan fingerprint density at radius 2 is 2.18 bits per heavy atom. The predicted octanol–water partition coefficient (Wildman–Crippen LogP) is 2.70. The summed E-state index contributed by atoms with van der Waals surface area (Å²) in [5, 5.41) is 0. The van der Waals surface area contributed by atoms with E-state index >= 15 is 0 Å². The number of hydrogen-bond donors (Lipinski definition) is 1. The average molecular weight is 236 g/mol. The van der Waals surface area contributed by atoms with E-state index in [0.29, 0.717) is 6.04 Å². The van der Waals surface area contributed by atoms with Crippen molar-refractivity contribution in [1.29, 1.82) is 0 Å². The highest BCUT2D eigenvalue weighted by Gasteiger charge is 2.29. The Bertz CT molecular complexity index is 386. The van der Waals surface area contributed by atoms with Gasteiger partial charge in [0.25, 0.3) is 0 Å². The molecule has 94 valence electrons. The van der Waals surface area contributed by atoms with Crippen molar-refractivity contribution < 1.29 is 4.39 Å². The summed E-state index contributed by atoms with van der Waals surface area (Å²) >= 11 is 0. The molecule has 1 aliphatic rings. The summed E-state index contributed by atoms with van der Waals surface area (Å²) in [5.74, 6) is -0.114. The molecule has 2 rings (SSSR count). The second kappa shape index (κ2) is 5.05. The third-order valence-corrected chi connectivity index (χ3v) is 3.21. The molecule has 0 heterocycles. The summed E-state index contributed by atoms with van der Waals surface area (Å²) in [6.07, 6.45) is 3.11. The lowest BCUT2D eigenvalue weighted by molar-refractivity contribution is 0.613. The first-order chi connectivity index (χ1) is 8.11. The van der Waals surface area contributed by atoms with Crippen LogP contribution in [-0.2, 0) is 6.42 Å². The number of hydrogen-bond acceptors (Lipinski definition) is 2. The van der Waals surface area contributed by atoms with E-state index in [-0.39, 0.29) is 11.9 Å². The van der Waals surface area contributed by atoms with Gasteiger partial charge in [-0.05, 0) is 50.8 Å². The van der Waals surface area contributed by atoms with Crippen LogP contribution in [0.1, 0.15) is 32.3 Å². The van der Waals surface area contributed by atoms with Gasteiger partial charge in [-0.25, -0.2) is 4.39 Å². The quantitative estimate of drug-likeness (QED) is 0.851. The molecule has 1 fully saturated rings. The molecule has 2 N–H and O–H groups in total. The van der Waals surface area contributed by atoms with Gasteiger partial charge >= 0.3 is 0 Å². The minimum atomic E-state index is -0.114. The molecule has 0 aliphatic heterocycles. The van der Waals surface area contributed by atoms with Crippen LogP contribution in [0.3, 0.4) is 0 Å². The van der Waals surface area contributed by atoms with Gasteiger partial charge in [0.2, 0.25) is 0 Å². The minimum Gasteiger partial charge on any atom is -0.366 e. The van der Waals surface area contributed by atoms with Gasteiger partial charge in [0, 0.05) is 18.6 Å². The molecular formula is C14H21FN2. The Kier molecular flexibility index (Phi) is 3.67. The maximum absolute atomic E-state index is 14.0. The van der Waals surface area contributed by atoms with E-state index in [9.17, 15) is 4.39 Å². The van der Waals surface area contributed by atoms with Gasteiger partial charge in [0.1, 0.15) is 5.82 Å². The van der Waals surface area contributed by atoms with Gasteiger partial charge in [-0.15, -0.1) is 0 Å². The molecule has 0 spiro atoms. The molecule has 1 aliphatic carbocycles. The van der Waals surface area contributed by atoms with E-state index in [2.05, 4.69) is 11.8 Å². The van der Waals surface area contributed by atoms with E-state index in [0.717, 1.165) is 24.2 Å². The standard InChI is InChI=1S/C14H21FN2/c1-3-17(12-5-6-12)14-7-4-11(8-10(2)16)9-13(14)15/h4,7,9-10,12H,3,5-6,8,16H2,1-2H3. The Labute approximate surface area is 103 Å². The van der Waals surface area contributed by atoms with E-state index < -0.39 is 0 Å². The van der Waals surface area contributed by atoms with Crippen LogP contribution >= 0.6 is 0 Å². The zero-order valence-corrected chi connectivity index (χ0v) is 10.6. The van der Waals surface area contributed by atoms with Gasteiger partial charge in [-0.1, -0.05) is 6.07 Å². The number of nitrogens with zero attached hydrogens (tertiary/aromatic N) is 1. The predicted molar refractivity (Wildman–Crippen MR) is 69.8 cm³/mol. The fraction of sp³-hybridized carbons (Fsp3) is 0.571. The van der Waals surface area contributed by atoms with Gasteiger partial charge in [-0.3, -0.25) is 0 Å². The molecule has 0 bridgehead atoms. The van der Waals surface area contributed by atoms with Crippen molar-refractivity contribution in [2.45, 2.75) is 45.2 Å². The SMILES string of the molecule is CCN(c1ccc(CC(C)N)cc1F)C1CC1. The zero-order chi connectivity index (χ0) is 12.4. The van der Waals surface area contributed by atoms with Crippen LogP contribution in [0.15, 0.2) is 18.2 Å². The van der Waals surface area contributed by atoms with Crippen molar-refractivity contribution in [2.24, 2.45) is 5.73 Å². The number of anilines is 1. The van der Waals surface area contributed by atoms with E-state index in [1.54, 1.807) is 6.07 Å². The highest BCUT2D eigenvalue weighted by atomic mass is 19.1. The van der Waals surface area contributed by atoms with Crippen molar-refractivity contribution in [1.82, 2.24) is 0 Å². The van der Waals surface area contributed by atoms with Crippen LogP contribution < -0.4 is 10.6 Å². The molecule has 0 amide bonds. The van der Waals surface area contributed by atoms with E-state index in [1.165, 1.54) is 12.8 Å². The normalized spacial score (nSPS) is 16.9. The first kappa shape index (κ1) is 12.4. The Morgan fingerprint density at radius 3 is 2.65 bits per heavy atom. The Hall–Kier alpha value is -1.09. The number of rotatable bonds is 5. The maximum Gasteiger partial charge on any atom is 0.146 e. The lowest BCUT2D eigenvalue weighted by Crippen LogP contribution is -2.26. The molecular weight excluding hydrogens is 215 g/mol. The maximum atomic E-state index is 14.0. The highest BCUT2D eigenvalue weighted by molar-refractivity contribution is 5.51. The van der Waals surface area contributed by atoms with Crippen molar-refractivity contribution in [3.8, 4) is 0 Å². The second-order valence-corrected chi connectivity index (χ2v) is 4.98. The van der Waals surface area contributed by atoms with Crippen molar-refractivity contribution in [3.63, 3.8) is 0 Å². The van der Waals surface area contributed by atoms with Gasteiger partial charge in [0.05, 0.1) is 5.69 Å². The van der Waals surface area contributed by atoms with Crippen molar-refractivity contribution in [2.75, 3.05) is 11.4 Å². The van der Waals surface area contributed by atoms with Crippen LogP contribution in [0.5, 0.6) is 0 Å². The fourth-order valence-corrected chi connectivity index (χ4v) is 2.29. The smallest absolute Gasteiger partial charge is 0.146 e. The molecule has 0 radical (unpaired) electrons. The third kappa shape index (κ3) is 2.97. The first-order valence-electron chi connectivity index (χ1n) is 6.42. The molecule has 17 heavy (non-hydrogen) atoms. The average Bonchev–Trinajstić information content (AvgIpc) is 3.05. The number of nitrogens with two attached hydrogens (primary N) is 1. The van der Waals surface area contributed by atoms with Gasteiger partial charge < -0.3 is 10.6 Å². The molecule has 1 aromatic rings. The monoisotopic (exact) mass is 236 g/mol. The molecule has 0 saturated heterocycles. The molecule has 1 saturated carbocycles. The third-order valence-electron chi connectivity index (χ3n) is 3.21. The highest BCUT2D eigenvalue weighted by Crippen LogP contribution is 2.33. The van der Waals surface area contributed by atoms with Crippen LogP contribution in [0.2, 0.25) is 0 Å². The lowest BCUT2D eigenvalue weighted by atomic mass is 10.1. The lowest BCUT2D eigenvalue weighted by Gasteiger charge is -2.23. The number of benzene rings is 1. The Balaban J connectivity index is 2.18. The van der Waals surface area contributed by atoms with Crippen LogP contribution in [0, 0.1) is 5.82 Å². The van der Waals surface area contributed by atoms with Crippen LogP contribution in [0.4, 0.5) is 10.1 Å². The molecule has 0 aromatic heterocycles. The summed E-state index contributed by atoms with van der Waals surface area (Å²) < 4.78 is 14.0. The fourth-order valence-electron chi connectivity index (χ4n) is 2.29. The van der Waals surface area contributed by atoms with E-state index in [1.807, 2.05) is 19.1 Å². The largest absolute Gasteiger partial charge is 0.366 e.